The molecular weight excluding hydrogens is 448 g/mol. The Morgan fingerprint density at radius 3 is 2.81 bits per heavy atom. The molecule has 1 aromatic heterocycles. The van der Waals surface area contributed by atoms with E-state index in [-0.39, 0.29) is 12.2 Å². The Hall–Kier alpha value is -3.18. The van der Waals surface area contributed by atoms with Gasteiger partial charge in [-0.05, 0) is 61.4 Å². The van der Waals surface area contributed by atoms with Crippen LogP contribution in [0.1, 0.15) is 30.5 Å². The van der Waals surface area contributed by atoms with Crippen LogP contribution in [0.25, 0.3) is 10.9 Å². The van der Waals surface area contributed by atoms with Gasteiger partial charge in [-0.1, -0.05) is 6.07 Å². The Morgan fingerprint density at radius 1 is 1.06 bits per heavy atom. The largest absolute Gasteiger partial charge is 0.370 e. The molecule has 4 heterocycles. The molecule has 7 nitrogen and oxygen atoms in total. The molecular formula is C29H34N6O. The molecule has 3 atom stereocenters. The van der Waals surface area contributed by atoms with Crippen LogP contribution in [0.5, 0.6) is 0 Å². The molecule has 0 radical (unpaired) electrons. The molecule has 2 aromatic carbocycles. The number of morpholine rings is 1. The molecule has 36 heavy (non-hydrogen) atoms. The second-order valence-electron chi connectivity index (χ2n) is 10.5. The van der Waals surface area contributed by atoms with Crippen LogP contribution in [0, 0.1) is 11.3 Å². The molecule has 7 heteroatoms. The average molecular weight is 483 g/mol. The lowest BCUT2D eigenvalue weighted by molar-refractivity contribution is -0.0329. The predicted octanol–water partition coefficient (Wildman–Crippen LogP) is 3.51. The summed E-state index contributed by atoms with van der Waals surface area (Å²) >= 11 is 0. The van der Waals surface area contributed by atoms with E-state index in [9.17, 15) is 5.26 Å². The number of nitrogens with one attached hydrogen (secondary N) is 1. The normalized spacial score (nSPS) is 24.6. The molecule has 2 fully saturated rings. The zero-order valence-corrected chi connectivity index (χ0v) is 21.2. The molecule has 0 saturated carbocycles. The van der Waals surface area contributed by atoms with E-state index in [2.05, 4.69) is 75.2 Å². The molecule has 3 aliphatic rings. The van der Waals surface area contributed by atoms with Gasteiger partial charge in [0, 0.05) is 81.4 Å². The van der Waals surface area contributed by atoms with E-state index >= 15 is 0 Å². The number of benzene rings is 2. The van der Waals surface area contributed by atoms with E-state index in [1.165, 1.54) is 16.8 Å². The monoisotopic (exact) mass is 482 g/mol. The highest BCUT2D eigenvalue weighted by Crippen LogP contribution is 2.32. The molecule has 0 amide bonds. The number of ether oxygens (including phenoxy) is 1. The van der Waals surface area contributed by atoms with Gasteiger partial charge in [-0.2, -0.15) is 5.26 Å². The summed E-state index contributed by atoms with van der Waals surface area (Å²) in [5.41, 5.74) is 6.76. The average Bonchev–Trinajstić information content (AvgIpc) is 3.29. The van der Waals surface area contributed by atoms with Gasteiger partial charge in [-0.25, -0.2) is 0 Å². The van der Waals surface area contributed by atoms with Gasteiger partial charge in [-0.15, -0.1) is 0 Å². The van der Waals surface area contributed by atoms with Crippen molar-refractivity contribution in [3.8, 4) is 6.07 Å². The highest BCUT2D eigenvalue weighted by molar-refractivity contribution is 5.95. The molecule has 0 aliphatic carbocycles. The van der Waals surface area contributed by atoms with Crippen molar-refractivity contribution in [1.29, 1.82) is 5.26 Å². The quantitative estimate of drug-likeness (QED) is 0.610. The molecule has 6 rings (SSSR count). The molecule has 3 aromatic rings. The number of anilines is 2. The van der Waals surface area contributed by atoms with E-state index in [1.54, 1.807) is 6.20 Å². The Labute approximate surface area is 213 Å². The van der Waals surface area contributed by atoms with Gasteiger partial charge in [0.25, 0.3) is 0 Å². The third-order valence-corrected chi connectivity index (χ3v) is 7.71. The van der Waals surface area contributed by atoms with E-state index in [0.717, 1.165) is 68.9 Å². The van der Waals surface area contributed by atoms with Gasteiger partial charge in [-0.3, -0.25) is 9.88 Å². The zero-order valence-electron chi connectivity index (χ0n) is 21.2. The Kier molecular flexibility index (Phi) is 6.26. The minimum absolute atomic E-state index is 0.124. The lowest BCUT2D eigenvalue weighted by Crippen LogP contribution is -2.50. The summed E-state index contributed by atoms with van der Waals surface area (Å²) in [5, 5.41) is 14.1. The van der Waals surface area contributed by atoms with Crippen molar-refractivity contribution in [3.63, 3.8) is 0 Å². The van der Waals surface area contributed by atoms with Gasteiger partial charge in [0.1, 0.15) is 6.07 Å². The fourth-order valence-electron chi connectivity index (χ4n) is 6.10. The predicted molar refractivity (Wildman–Crippen MR) is 143 cm³/mol. The maximum absolute atomic E-state index is 9.52. The summed E-state index contributed by atoms with van der Waals surface area (Å²) in [6.45, 7) is 12.1. The molecule has 186 valence electrons. The summed E-state index contributed by atoms with van der Waals surface area (Å²) in [5.74, 6) is 0. The lowest BCUT2D eigenvalue weighted by Gasteiger charge is -2.40. The van der Waals surface area contributed by atoms with Crippen molar-refractivity contribution in [2.45, 2.75) is 45.2 Å². The number of piperazine rings is 1. The van der Waals surface area contributed by atoms with E-state index in [4.69, 9.17) is 4.74 Å². The number of hydrogen-bond acceptors (Lipinski definition) is 7. The van der Waals surface area contributed by atoms with Crippen molar-refractivity contribution < 1.29 is 4.74 Å². The third kappa shape index (κ3) is 4.53. The van der Waals surface area contributed by atoms with Crippen LogP contribution in [-0.4, -0.2) is 67.4 Å². The van der Waals surface area contributed by atoms with Crippen LogP contribution in [0.3, 0.4) is 0 Å². The molecule has 0 bridgehead atoms. The Bertz CT molecular complexity index is 1300. The Balaban J connectivity index is 1.16. The van der Waals surface area contributed by atoms with Crippen molar-refractivity contribution in [1.82, 2.24) is 15.2 Å². The summed E-state index contributed by atoms with van der Waals surface area (Å²) < 4.78 is 6.42. The summed E-state index contributed by atoms with van der Waals surface area (Å²) in [6.07, 6.45) is 2.02. The number of nitriles is 1. The van der Waals surface area contributed by atoms with Gasteiger partial charge in [0.2, 0.25) is 0 Å². The smallest absolute Gasteiger partial charge is 0.101 e. The SMILES string of the molecule is C[C@@H]1CN(c2ccc(C#N)c3ncccc23)C[C@H](CN2Cc3ccc(N4CCN[C@@H](C)C4)cc3C2)O1. The molecule has 0 spiro atoms. The van der Waals surface area contributed by atoms with Crippen LogP contribution in [-0.2, 0) is 17.8 Å². The minimum Gasteiger partial charge on any atom is -0.370 e. The lowest BCUT2D eigenvalue weighted by atomic mass is 10.1. The second-order valence-corrected chi connectivity index (χ2v) is 10.5. The highest BCUT2D eigenvalue weighted by Gasteiger charge is 2.30. The zero-order chi connectivity index (χ0) is 24.6. The van der Waals surface area contributed by atoms with Gasteiger partial charge in [0.15, 0.2) is 0 Å². The van der Waals surface area contributed by atoms with Crippen LogP contribution in [0.2, 0.25) is 0 Å². The number of pyridine rings is 1. The van der Waals surface area contributed by atoms with E-state index in [0.29, 0.717) is 11.6 Å². The molecule has 0 unspecified atom stereocenters. The maximum atomic E-state index is 9.52. The fourth-order valence-corrected chi connectivity index (χ4v) is 6.10. The molecule has 3 aliphatic heterocycles. The van der Waals surface area contributed by atoms with Crippen molar-refractivity contribution >= 4 is 22.3 Å². The van der Waals surface area contributed by atoms with Crippen LogP contribution < -0.4 is 15.1 Å². The Morgan fingerprint density at radius 2 is 1.94 bits per heavy atom. The molecule has 2 saturated heterocycles. The third-order valence-electron chi connectivity index (χ3n) is 7.71. The topological polar surface area (TPSA) is 67.7 Å². The van der Waals surface area contributed by atoms with Crippen molar-refractivity contribution in [2.75, 3.05) is 49.1 Å². The van der Waals surface area contributed by atoms with Crippen LogP contribution in [0.4, 0.5) is 11.4 Å². The fraction of sp³-hybridized carbons (Fsp3) is 0.448. The summed E-state index contributed by atoms with van der Waals surface area (Å²) in [6, 6.07) is 17.8. The first-order valence-electron chi connectivity index (χ1n) is 13.1. The van der Waals surface area contributed by atoms with E-state index < -0.39 is 0 Å². The standard InChI is InChI=1S/C29H34N6O/c1-20-14-34(11-10-31-20)25-7-5-23-16-33(17-24(23)12-25)18-26-19-35(15-21(2)36-26)28-8-6-22(13-30)29-27(28)4-3-9-32-29/h3-9,12,20-21,26,31H,10-11,14-19H2,1-2H3/t20-,21+,26-/m0/s1. The highest BCUT2D eigenvalue weighted by atomic mass is 16.5. The first-order chi connectivity index (χ1) is 17.6. The van der Waals surface area contributed by atoms with Crippen LogP contribution in [0.15, 0.2) is 48.7 Å². The number of nitrogens with zero attached hydrogens (tertiary/aromatic N) is 5. The summed E-state index contributed by atoms with van der Waals surface area (Å²) in [4.78, 5) is 11.9. The second kappa shape index (κ2) is 9.70. The number of rotatable bonds is 4. The number of hydrogen-bond donors (Lipinski definition) is 1. The van der Waals surface area contributed by atoms with Gasteiger partial charge < -0.3 is 19.9 Å². The van der Waals surface area contributed by atoms with Crippen molar-refractivity contribution in [3.05, 3.63) is 65.4 Å². The number of fused-ring (bicyclic) bond motifs is 2. The first-order valence-corrected chi connectivity index (χ1v) is 13.1. The first kappa shape index (κ1) is 23.2. The number of aromatic nitrogens is 1. The molecule has 1 N–H and O–H groups in total. The minimum atomic E-state index is 0.124. The van der Waals surface area contributed by atoms with Gasteiger partial charge >= 0.3 is 0 Å². The van der Waals surface area contributed by atoms with E-state index in [1.807, 2.05) is 12.1 Å². The van der Waals surface area contributed by atoms with Gasteiger partial charge in [0.05, 0.1) is 23.3 Å². The van der Waals surface area contributed by atoms with Crippen molar-refractivity contribution in [2.24, 2.45) is 0 Å². The summed E-state index contributed by atoms with van der Waals surface area (Å²) in [7, 11) is 0. The van der Waals surface area contributed by atoms with Crippen LogP contribution >= 0.6 is 0 Å². The maximum Gasteiger partial charge on any atom is 0.101 e.